The van der Waals surface area contributed by atoms with Gasteiger partial charge in [-0.1, -0.05) is 60.7 Å². The van der Waals surface area contributed by atoms with Gasteiger partial charge in [-0.05, 0) is 66.6 Å². The van der Waals surface area contributed by atoms with E-state index in [9.17, 15) is 29.6 Å². The second-order valence-electron chi connectivity index (χ2n) is 10.9. The fourth-order valence-electron chi connectivity index (χ4n) is 4.86. The standard InChI is InChI=1S/C38H32N4O7S/c1-24-16-18-29(42(47)48)22-32(24)40-38(46)35(25-10-5-3-6-11-25)50-31-15-9-14-28(21-31)39-37(45)33(41-36(44)26-12-7-4-8-13-26)20-27-17-19-30(43)23-34(27)49-2/h3-23,35,43H,1-2H3,(H,39,45)(H,40,46)(H,41,44)/b33-20+. The van der Waals surface area contributed by atoms with Crippen molar-refractivity contribution < 1.29 is 29.2 Å². The van der Waals surface area contributed by atoms with E-state index in [1.165, 1.54) is 49.2 Å². The van der Waals surface area contributed by atoms with E-state index < -0.39 is 27.9 Å². The van der Waals surface area contributed by atoms with E-state index in [1.54, 1.807) is 73.7 Å². The maximum absolute atomic E-state index is 13.7. The van der Waals surface area contributed by atoms with Gasteiger partial charge >= 0.3 is 0 Å². The number of hydrogen-bond donors (Lipinski definition) is 4. The summed E-state index contributed by atoms with van der Waals surface area (Å²) in [5, 5.41) is 28.9. The Morgan fingerprint density at radius 1 is 0.860 bits per heavy atom. The van der Waals surface area contributed by atoms with E-state index in [0.717, 1.165) is 0 Å². The van der Waals surface area contributed by atoms with Crippen LogP contribution in [0.3, 0.4) is 0 Å². The second-order valence-corrected chi connectivity index (χ2v) is 12.1. The van der Waals surface area contributed by atoms with Crippen molar-refractivity contribution >= 4 is 52.6 Å². The number of carbonyl (C=O) groups excluding carboxylic acids is 3. The zero-order chi connectivity index (χ0) is 35.6. The molecule has 3 amide bonds. The van der Waals surface area contributed by atoms with Gasteiger partial charge in [-0.25, -0.2) is 0 Å². The maximum Gasteiger partial charge on any atom is 0.272 e. The molecule has 4 N–H and O–H groups in total. The highest BCUT2D eigenvalue weighted by Gasteiger charge is 2.24. The summed E-state index contributed by atoms with van der Waals surface area (Å²) in [6, 6.07) is 33.0. The Kier molecular flexibility index (Phi) is 11.3. The second kappa shape index (κ2) is 16.1. The molecule has 252 valence electrons. The Balaban J connectivity index is 1.41. The van der Waals surface area contributed by atoms with Crippen molar-refractivity contribution in [3.05, 3.63) is 159 Å². The number of rotatable bonds is 12. The van der Waals surface area contributed by atoms with Crippen molar-refractivity contribution in [3.63, 3.8) is 0 Å². The number of aromatic hydroxyl groups is 1. The summed E-state index contributed by atoms with van der Waals surface area (Å²) in [6.45, 7) is 1.75. The Labute approximate surface area is 292 Å². The molecular formula is C38H32N4O7S. The number of phenolic OH excluding ortho intramolecular Hbond substituents is 1. The van der Waals surface area contributed by atoms with Crippen LogP contribution in [0.5, 0.6) is 11.5 Å². The number of phenols is 1. The predicted octanol–water partition coefficient (Wildman–Crippen LogP) is 7.50. The summed E-state index contributed by atoms with van der Waals surface area (Å²) in [4.78, 5) is 52.0. The summed E-state index contributed by atoms with van der Waals surface area (Å²) < 4.78 is 5.37. The largest absolute Gasteiger partial charge is 0.508 e. The fourth-order valence-corrected chi connectivity index (χ4v) is 5.94. The summed E-state index contributed by atoms with van der Waals surface area (Å²) in [5.41, 5.74) is 2.62. The normalized spacial score (nSPS) is 11.6. The Bertz CT molecular complexity index is 2070. The van der Waals surface area contributed by atoms with Crippen LogP contribution >= 0.6 is 11.8 Å². The van der Waals surface area contributed by atoms with Crippen LogP contribution in [0.25, 0.3) is 6.08 Å². The van der Waals surface area contributed by atoms with Crippen molar-refractivity contribution in [2.45, 2.75) is 17.1 Å². The van der Waals surface area contributed by atoms with Crippen molar-refractivity contribution in [2.75, 3.05) is 17.7 Å². The number of aryl methyl sites for hydroxylation is 1. The van der Waals surface area contributed by atoms with Gasteiger partial charge in [0.15, 0.2) is 0 Å². The molecule has 0 bridgehead atoms. The molecule has 0 aromatic heterocycles. The van der Waals surface area contributed by atoms with E-state index in [0.29, 0.717) is 38.5 Å². The van der Waals surface area contributed by atoms with Crippen LogP contribution in [0.1, 0.15) is 32.3 Å². The van der Waals surface area contributed by atoms with Gasteiger partial charge in [0.05, 0.1) is 17.7 Å². The molecule has 11 nitrogen and oxygen atoms in total. The third-order valence-electron chi connectivity index (χ3n) is 7.42. The lowest BCUT2D eigenvalue weighted by molar-refractivity contribution is -0.384. The lowest BCUT2D eigenvalue weighted by Gasteiger charge is -2.18. The van der Waals surface area contributed by atoms with Gasteiger partial charge in [0.2, 0.25) is 5.91 Å². The maximum atomic E-state index is 13.7. The average molecular weight is 689 g/mol. The van der Waals surface area contributed by atoms with Gasteiger partial charge in [0.1, 0.15) is 22.4 Å². The molecule has 5 aromatic carbocycles. The van der Waals surface area contributed by atoms with Gasteiger partial charge in [-0.2, -0.15) is 0 Å². The molecule has 0 aliphatic carbocycles. The predicted molar refractivity (Wildman–Crippen MR) is 193 cm³/mol. The number of benzene rings is 5. The third-order valence-corrected chi connectivity index (χ3v) is 8.67. The number of nitro groups is 1. The van der Waals surface area contributed by atoms with Crippen LogP contribution in [-0.2, 0) is 9.59 Å². The number of thioether (sulfide) groups is 1. The molecule has 0 spiro atoms. The summed E-state index contributed by atoms with van der Waals surface area (Å²) in [7, 11) is 1.42. The quantitative estimate of drug-likeness (QED) is 0.0454. The molecule has 0 saturated heterocycles. The average Bonchev–Trinajstić information content (AvgIpc) is 3.12. The molecule has 1 unspecified atom stereocenters. The molecule has 0 fully saturated rings. The lowest BCUT2D eigenvalue weighted by atomic mass is 10.1. The Morgan fingerprint density at radius 2 is 1.58 bits per heavy atom. The summed E-state index contributed by atoms with van der Waals surface area (Å²) in [6.07, 6.45) is 1.44. The lowest BCUT2D eigenvalue weighted by Crippen LogP contribution is -2.30. The molecule has 5 rings (SSSR count). The molecule has 0 saturated carbocycles. The fraction of sp³-hybridized carbons (Fsp3) is 0.0789. The molecule has 12 heteroatoms. The van der Waals surface area contributed by atoms with E-state index in [4.69, 9.17) is 4.74 Å². The van der Waals surface area contributed by atoms with Crippen molar-refractivity contribution in [3.8, 4) is 11.5 Å². The van der Waals surface area contributed by atoms with Crippen LogP contribution in [0.2, 0.25) is 0 Å². The van der Waals surface area contributed by atoms with Crippen LogP contribution < -0.4 is 20.7 Å². The molecule has 0 aliphatic heterocycles. The first-order valence-corrected chi connectivity index (χ1v) is 16.1. The summed E-state index contributed by atoms with van der Waals surface area (Å²) >= 11 is 1.23. The van der Waals surface area contributed by atoms with Crippen molar-refractivity contribution in [1.82, 2.24) is 5.32 Å². The van der Waals surface area contributed by atoms with Crippen LogP contribution in [0.4, 0.5) is 17.1 Å². The SMILES string of the molecule is COc1cc(O)ccc1/C=C(/NC(=O)c1ccccc1)C(=O)Nc1cccc(SC(C(=O)Nc2cc([N+](=O)[O-])ccc2C)c2ccccc2)c1. The van der Waals surface area contributed by atoms with Gasteiger partial charge in [-0.15, -0.1) is 11.8 Å². The van der Waals surface area contributed by atoms with Crippen molar-refractivity contribution in [1.29, 1.82) is 0 Å². The van der Waals surface area contributed by atoms with Crippen molar-refractivity contribution in [2.24, 2.45) is 0 Å². The number of methoxy groups -OCH3 is 1. The van der Waals surface area contributed by atoms with E-state index in [1.807, 2.05) is 30.3 Å². The van der Waals surface area contributed by atoms with Crippen LogP contribution in [0, 0.1) is 17.0 Å². The minimum atomic E-state index is -0.761. The monoisotopic (exact) mass is 688 g/mol. The third kappa shape index (κ3) is 8.94. The van der Waals surface area contributed by atoms with E-state index in [-0.39, 0.29) is 22.9 Å². The smallest absolute Gasteiger partial charge is 0.272 e. The van der Waals surface area contributed by atoms with Gasteiger partial charge < -0.3 is 25.8 Å². The molecule has 0 aliphatic rings. The van der Waals surface area contributed by atoms with Crippen LogP contribution in [0.15, 0.2) is 132 Å². The number of non-ortho nitro benzene ring substituents is 1. The van der Waals surface area contributed by atoms with E-state index >= 15 is 0 Å². The zero-order valence-corrected chi connectivity index (χ0v) is 27.8. The van der Waals surface area contributed by atoms with Gasteiger partial charge in [-0.3, -0.25) is 24.5 Å². The molecule has 0 radical (unpaired) electrons. The zero-order valence-electron chi connectivity index (χ0n) is 27.0. The summed E-state index contributed by atoms with van der Waals surface area (Å²) in [5.74, 6) is -1.28. The molecular weight excluding hydrogens is 657 g/mol. The first-order valence-electron chi connectivity index (χ1n) is 15.3. The van der Waals surface area contributed by atoms with Gasteiger partial charge in [0.25, 0.3) is 17.5 Å². The topological polar surface area (TPSA) is 160 Å². The molecule has 0 heterocycles. The molecule has 50 heavy (non-hydrogen) atoms. The first-order chi connectivity index (χ1) is 24.1. The first kappa shape index (κ1) is 34.9. The number of carbonyl (C=O) groups is 3. The number of ether oxygens (including phenoxy) is 1. The number of hydrogen-bond acceptors (Lipinski definition) is 8. The highest BCUT2D eigenvalue weighted by Crippen LogP contribution is 2.38. The minimum absolute atomic E-state index is 0.0321. The number of nitro benzene ring substituents is 1. The molecule has 1 atom stereocenters. The Hall–Kier alpha value is -6.40. The van der Waals surface area contributed by atoms with E-state index in [2.05, 4.69) is 16.0 Å². The number of amides is 3. The number of nitrogens with one attached hydrogen (secondary N) is 3. The van der Waals surface area contributed by atoms with Crippen LogP contribution in [-0.4, -0.2) is 34.9 Å². The van der Waals surface area contributed by atoms with Gasteiger partial charge in [0, 0.05) is 39.9 Å². The highest BCUT2D eigenvalue weighted by molar-refractivity contribution is 8.00. The minimum Gasteiger partial charge on any atom is -0.508 e. The number of anilines is 2. The number of nitrogens with zero attached hydrogens (tertiary/aromatic N) is 1. The molecule has 5 aromatic rings. The Morgan fingerprint density at radius 3 is 2.28 bits per heavy atom. The highest BCUT2D eigenvalue weighted by atomic mass is 32.2.